The van der Waals surface area contributed by atoms with Crippen molar-refractivity contribution in [2.24, 2.45) is 0 Å². The smallest absolute Gasteiger partial charge is 0.321 e. The van der Waals surface area contributed by atoms with Gasteiger partial charge in [0, 0.05) is 12.4 Å². The third kappa shape index (κ3) is 2.98. The van der Waals surface area contributed by atoms with E-state index in [9.17, 15) is 13.2 Å². The van der Waals surface area contributed by atoms with Crippen molar-refractivity contribution in [2.75, 3.05) is 0 Å². The molecule has 15 heavy (non-hydrogen) atoms. The van der Waals surface area contributed by atoms with Gasteiger partial charge in [0.2, 0.25) is 0 Å². The van der Waals surface area contributed by atoms with E-state index in [2.05, 4.69) is 9.97 Å². The number of carbonyl (C=O) groups is 1. The molecule has 6 nitrogen and oxygen atoms in total. The van der Waals surface area contributed by atoms with Gasteiger partial charge in [0.25, 0.3) is 0 Å². The molecule has 1 aromatic heterocycles. The third-order valence-electron chi connectivity index (χ3n) is 1.84. The summed E-state index contributed by atoms with van der Waals surface area (Å²) in [5.41, 5.74) is 0. The van der Waals surface area contributed by atoms with Crippen LogP contribution in [0.4, 0.5) is 0 Å². The number of hydrogen-bond donors (Lipinski definition) is 1. The summed E-state index contributed by atoms with van der Waals surface area (Å²) in [4.78, 5) is 18.0. The van der Waals surface area contributed by atoms with Crippen LogP contribution in [0.15, 0.2) is 18.5 Å². The van der Waals surface area contributed by atoms with Crippen molar-refractivity contribution in [2.45, 2.75) is 17.9 Å². The normalized spacial score (nSPS) is 13.4. The topological polar surface area (TPSA) is 97.2 Å². The Labute approximate surface area is 86.9 Å². The van der Waals surface area contributed by atoms with Gasteiger partial charge in [-0.15, -0.1) is 0 Å². The molecular formula is C8H10N2O4S. The van der Waals surface area contributed by atoms with E-state index in [0.717, 1.165) is 6.92 Å². The van der Waals surface area contributed by atoms with E-state index in [4.69, 9.17) is 5.11 Å². The second kappa shape index (κ2) is 4.35. The summed E-state index contributed by atoms with van der Waals surface area (Å²) in [6, 6.07) is 1.55. The summed E-state index contributed by atoms with van der Waals surface area (Å²) in [5.74, 6) is -1.72. The predicted molar refractivity (Wildman–Crippen MR) is 51.8 cm³/mol. The van der Waals surface area contributed by atoms with Gasteiger partial charge in [-0.3, -0.25) is 4.79 Å². The molecule has 0 aliphatic heterocycles. The molecule has 0 saturated carbocycles. The van der Waals surface area contributed by atoms with Crippen molar-refractivity contribution in [1.29, 1.82) is 0 Å². The number of rotatable bonds is 4. The molecule has 0 amide bonds. The Morgan fingerprint density at radius 3 is 2.47 bits per heavy atom. The molecule has 1 atom stereocenters. The predicted octanol–water partition coefficient (Wildman–Crippen LogP) is -0.136. The van der Waals surface area contributed by atoms with E-state index < -0.39 is 26.8 Å². The second-order valence-corrected chi connectivity index (χ2v) is 5.27. The third-order valence-corrected chi connectivity index (χ3v) is 3.78. The Balaban J connectivity index is 2.87. The van der Waals surface area contributed by atoms with Gasteiger partial charge in [0.15, 0.2) is 15.1 Å². The van der Waals surface area contributed by atoms with Crippen LogP contribution in [-0.4, -0.2) is 34.7 Å². The molecule has 7 heteroatoms. The molecule has 0 radical (unpaired) electrons. The van der Waals surface area contributed by atoms with Crippen molar-refractivity contribution in [3.8, 4) is 0 Å². The van der Waals surface area contributed by atoms with Gasteiger partial charge in [-0.1, -0.05) is 0 Å². The Morgan fingerprint density at radius 2 is 2.00 bits per heavy atom. The first-order valence-corrected chi connectivity index (χ1v) is 5.85. The molecule has 0 bridgehead atoms. The number of carboxylic acid groups (broad SMARTS) is 1. The maximum absolute atomic E-state index is 11.5. The molecule has 1 heterocycles. The number of nitrogens with zero attached hydrogens (tertiary/aromatic N) is 2. The molecule has 0 spiro atoms. The lowest BCUT2D eigenvalue weighted by atomic mass is 10.5. The van der Waals surface area contributed by atoms with E-state index in [0.29, 0.717) is 0 Å². The second-order valence-electron chi connectivity index (χ2n) is 2.95. The highest BCUT2D eigenvalue weighted by molar-refractivity contribution is 7.91. The summed E-state index contributed by atoms with van der Waals surface area (Å²) >= 11 is 0. The van der Waals surface area contributed by atoms with Gasteiger partial charge in [0.05, 0.1) is 0 Å². The number of carboxylic acids is 1. The maximum atomic E-state index is 11.5. The van der Waals surface area contributed by atoms with Gasteiger partial charge in [-0.25, -0.2) is 18.4 Å². The van der Waals surface area contributed by atoms with E-state index >= 15 is 0 Å². The molecule has 1 unspecified atom stereocenters. The zero-order valence-electron chi connectivity index (χ0n) is 7.99. The fourth-order valence-electron chi connectivity index (χ4n) is 0.863. The molecule has 82 valence electrons. The van der Waals surface area contributed by atoms with Crippen LogP contribution in [0.3, 0.4) is 0 Å². The van der Waals surface area contributed by atoms with Crippen LogP contribution in [0.2, 0.25) is 0 Å². The number of aliphatic carboxylic acids is 1. The Hall–Kier alpha value is -1.50. The number of aromatic nitrogens is 2. The van der Waals surface area contributed by atoms with E-state index in [-0.39, 0.29) is 5.82 Å². The molecule has 1 aromatic rings. The monoisotopic (exact) mass is 230 g/mol. The molecular weight excluding hydrogens is 220 g/mol. The Morgan fingerprint density at radius 1 is 1.47 bits per heavy atom. The lowest BCUT2D eigenvalue weighted by Crippen LogP contribution is -2.28. The minimum absolute atomic E-state index is 0.102. The molecule has 0 fully saturated rings. The minimum Gasteiger partial charge on any atom is -0.480 e. The highest BCUT2D eigenvalue weighted by Gasteiger charge is 2.28. The fourth-order valence-corrected chi connectivity index (χ4v) is 1.93. The molecule has 0 saturated heterocycles. The highest BCUT2D eigenvalue weighted by Crippen LogP contribution is 2.07. The highest BCUT2D eigenvalue weighted by atomic mass is 32.2. The van der Waals surface area contributed by atoms with E-state index in [1.165, 1.54) is 12.4 Å². The summed E-state index contributed by atoms with van der Waals surface area (Å²) < 4.78 is 23.0. The first kappa shape index (κ1) is 11.6. The van der Waals surface area contributed by atoms with Gasteiger partial charge < -0.3 is 5.11 Å². The molecule has 1 rings (SSSR count). The Bertz CT molecular complexity index is 443. The SMILES string of the molecule is CC(C(=O)O)S(=O)(=O)Cc1ncccn1. The summed E-state index contributed by atoms with van der Waals surface area (Å²) in [6.07, 6.45) is 2.81. The van der Waals surface area contributed by atoms with Crippen molar-refractivity contribution in [1.82, 2.24) is 9.97 Å². The van der Waals surface area contributed by atoms with Crippen LogP contribution >= 0.6 is 0 Å². The lowest BCUT2D eigenvalue weighted by Gasteiger charge is -2.06. The maximum Gasteiger partial charge on any atom is 0.321 e. The van der Waals surface area contributed by atoms with Crippen LogP contribution in [0.25, 0.3) is 0 Å². The largest absolute Gasteiger partial charge is 0.480 e. The van der Waals surface area contributed by atoms with Gasteiger partial charge in [-0.05, 0) is 13.0 Å². The fraction of sp³-hybridized carbons (Fsp3) is 0.375. The van der Waals surface area contributed by atoms with Crippen molar-refractivity contribution in [3.05, 3.63) is 24.3 Å². The molecule has 0 aromatic carbocycles. The van der Waals surface area contributed by atoms with Crippen LogP contribution in [0.1, 0.15) is 12.7 Å². The van der Waals surface area contributed by atoms with E-state index in [1.807, 2.05) is 0 Å². The summed E-state index contributed by atoms with van der Waals surface area (Å²) in [5, 5.41) is 7.13. The average molecular weight is 230 g/mol. The van der Waals surface area contributed by atoms with Gasteiger partial charge in [-0.2, -0.15) is 0 Å². The zero-order chi connectivity index (χ0) is 11.5. The Kier molecular flexibility index (Phi) is 3.35. The van der Waals surface area contributed by atoms with Crippen LogP contribution in [0, 0.1) is 0 Å². The van der Waals surface area contributed by atoms with Crippen LogP contribution in [0.5, 0.6) is 0 Å². The summed E-state index contributed by atoms with van der Waals surface area (Å²) in [6.45, 7) is 1.13. The first-order chi connectivity index (χ1) is 6.93. The zero-order valence-corrected chi connectivity index (χ0v) is 8.81. The quantitative estimate of drug-likeness (QED) is 0.773. The summed E-state index contributed by atoms with van der Waals surface area (Å²) in [7, 11) is -3.74. The molecule has 0 aliphatic rings. The van der Waals surface area contributed by atoms with Crippen LogP contribution in [-0.2, 0) is 20.4 Å². The van der Waals surface area contributed by atoms with Crippen molar-refractivity contribution in [3.63, 3.8) is 0 Å². The van der Waals surface area contributed by atoms with Crippen molar-refractivity contribution >= 4 is 15.8 Å². The lowest BCUT2D eigenvalue weighted by molar-refractivity contribution is -0.136. The first-order valence-electron chi connectivity index (χ1n) is 4.14. The number of hydrogen-bond acceptors (Lipinski definition) is 5. The molecule has 0 aliphatic carbocycles. The average Bonchev–Trinajstić information content (AvgIpc) is 2.17. The van der Waals surface area contributed by atoms with E-state index in [1.54, 1.807) is 6.07 Å². The standard InChI is InChI=1S/C8H10N2O4S/c1-6(8(11)12)15(13,14)5-7-9-3-2-4-10-7/h2-4,6H,5H2,1H3,(H,11,12). The van der Waals surface area contributed by atoms with Crippen LogP contribution < -0.4 is 0 Å². The van der Waals surface area contributed by atoms with Gasteiger partial charge in [0.1, 0.15) is 11.6 Å². The minimum atomic E-state index is -3.74. The van der Waals surface area contributed by atoms with Crippen molar-refractivity contribution < 1.29 is 18.3 Å². The van der Waals surface area contributed by atoms with Gasteiger partial charge >= 0.3 is 5.97 Å². The number of sulfone groups is 1. The molecule has 1 N–H and O–H groups in total.